The molecule has 124 valence electrons. The van der Waals surface area contributed by atoms with Crippen LogP contribution in [0.5, 0.6) is 0 Å². The third-order valence-corrected chi connectivity index (χ3v) is 4.35. The van der Waals surface area contributed by atoms with E-state index >= 15 is 0 Å². The van der Waals surface area contributed by atoms with E-state index in [0.717, 1.165) is 18.7 Å². The molecule has 6 nitrogen and oxygen atoms in total. The van der Waals surface area contributed by atoms with E-state index in [1.807, 2.05) is 12.1 Å². The molecular formula is C15H17Cl2N3O3. The molecule has 2 heterocycles. The lowest BCUT2D eigenvalue weighted by Crippen LogP contribution is -2.38. The largest absolute Gasteiger partial charge is 0.375 e. The van der Waals surface area contributed by atoms with Crippen LogP contribution in [-0.4, -0.2) is 41.8 Å². The molecule has 1 fully saturated rings. The highest BCUT2D eigenvalue weighted by Crippen LogP contribution is 2.29. The molecule has 2 aromatic rings. The van der Waals surface area contributed by atoms with E-state index < -0.39 is 0 Å². The summed E-state index contributed by atoms with van der Waals surface area (Å²) in [5.74, 6) is 1.13. The van der Waals surface area contributed by atoms with Gasteiger partial charge in [0.2, 0.25) is 0 Å². The number of ether oxygens (including phenoxy) is 2. The van der Waals surface area contributed by atoms with Crippen molar-refractivity contribution in [2.75, 3.05) is 26.8 Å². The highest BCUT2D eigenvalue weighted by Gasteiger charge is 2.23. The minimum absolute atomic E-state index is 0.0520. The molecule has 0 aliphatic carbocycles. The van der Waals surface area contributed by atoms with Gasteiger partial charge in [-0.2, -0.15) is 4.98 Å². The Bertz CT molecular complexity index is 665. The molecule has 1 atom stereocenters. The standard InChI is InChI=1S/C15H17Cl2N3O3/c1-21-9-15-18-14(19-23-15)8-20-4-5-22-13(7-20)10-2-3-11(16)12(17)6-10/h2-3,6,13H,4-5,7-9H2,1H3/t13-/m1/s1. The first kappa shape index (κ1) is 16.7. The fraction of sp³-hybridized carbons (Fsp3) is 0.467. The van der Waals surface area contributed by atoms with Gasteiger partial charge >= 0.3 is 0 Å². The van der Waals surface area contributed by atoms with Crippen molar-refractivity contribution in [3.63, 3.8) is 0 Å². The quantitative estimate of drug-likeness (QED) is 0.819. The van der Waals surface area contributed by atoms with Gasteiger partial charge in [0.1, 0.15) is 6.61 Å². The molecule has 23 heavy (non-hydrogen) atoms. The first-order valence-electron chi connectivity index (χ1n) is 7.25. The second-order valence-electron chi connectivity index (χ2n) is 5.31. The van der Waals surface area contributed by atoms with Crippen LogP contribution >= 0.6 is 23.2 Å². The second-order valence-corrected chi connectivity index (χ2v) is 6.12. The molecule has 1 aromatic carbocycles. The van der Waals surface area contributed by atoms with Crippen molar-refractivity contribution < 1.29 is 14.0 Å². The van der Waals surface area contributed by atoms with Gasteiger partial charge < -0.3 is 14.0 Å². The predicted octanol–water partition coefficient (Wildman–Crippen LogP) is 3.10. The minimum atomic E-state index is -0.0520. The first-order chi connectivity index (χ1) is 11.2. The fourth-order valence-corrected chi connectivity index (χ4v) is 2.80. The molecule has 0 bridgehead atoms. The van der Waals surface area contributed by atoms with Gasteiger partial charge in [0.25, 0.3) is 5.89 Å². The van der Waals surface area contributed by atoms with Gasteiger partial charge in [-0.25, -0.2) is 0 Å². The molecule has 0 radical (unpaired) electrons. The Balaban J connectivity index is 1.64. The number of nitrogens with zero attached hydrogens (tertiary/aromatic N) is 3. The molecule has 1 aliphatic heterocycles. The SMILES string of the molecule is COCc1nc(CN2CCO[C@@H](c3ccc(Cl)c(Cl)c3)C2)no1. The van der Waals surface area contributed by atoms with E-state index in [1.165, 1.54) is 0 Å². The molecule has 1 aliphatic rings. The number of benzene rings is 1. The summed E-state index contributed by atoms with van der Waals surface area (Å²) in [6.07, 6.45) is -0.0520. The second kappa shape index (κ2) is 7.59. The first-order valence-corrected chi connectivity index (χ1v) is 8.00. The van der Waals surface area contributed by atoms with Crippen LogP contribution < -0.4 is 0 Å². The lowest BCUT2D eigenvalue weighted by Gasteiger charge is -2.32. The van der Waals surface area contributed by atoms with Crippen molar-refractivity contribution in [2.45, 2.75) is 19.3 Å². The predicted molar refractivity (Wildman–Crippen MR) is 85.4 cm³/mol. The Morgan fingerprint density at radius 1 is 1.35 bits per heavy atom. The minimum Gasteiger partial charge on any atom is -0.375 e. The zero-order valence-electron chi connectivity index (χ0n) is 12.7. The van der Waals surface area contributed by atoms with Gasteiger partial charge in [-0.3, -0.25) is 4.90 Å². The maximum absolute atomic E-state index is 6.09. The molecule has 8 heteroatoms. The van der Waals surface area contributed by atoms with Crippen molar-refractivity contribution in [1.29, 1.82) is 0 Å². The summed E-state index contributed by atoms with van der Waals surface area (Å²) >= 11 is 12.0. The zero-order valence-corrected chi connectivity index (χ0v) is 14.2. The third kappa shape index (κ3) is 4.22. The molecule has 0 N–H and O–H groups in total. The topological polar surface area (TPSA) is 60.6 Å². The summed E-state index contributed by atoms with van der Waals surface area (Å²) < 4.78 is 15.9. The number of methoxy groups -OCH3 is 1. The van der Waals surface area contributed by atoms with Gasteiger partial charge in [-0.15, -0.1) is 0 Å². The average Bonchev–Trinajstić information content (AvgIpc) is 2.98. The van der Waals surface area contributed by atoms with Crippen molar-refractivity contribution >= 4 is 23.2 Å². The Labute approximate surface area is 144 Å². The molecule has 0 amide bonds. The maximum atomic E-state index is 6.09. The van der Waals surface area contributed by atoms with E-state index in [0.29, 0.717) is 41.5 Å². The van der Waals surface area contributed by atoms with Gasteiger partial charge in [0.05, 0.1) is 29.3 Å². The van der Waals surface area contributed by atoms with Crippen molar-refractivity contribution in [3.05, 3.63) is 45.5 Å². The maximum Gasteiger partial charge on any atom is 0.252 e. The molecule has 1 aromatic heterocycles. The van der Waals surface area contributed by atoms with Gasteiger partial charge in [0, 0.05) is 20.2 Å². The van der Waals surface area contributed by atoms with Crippen LogP contribution in [0, 0.1) is 0 Å². The van der Waals surface area contributed by atoms with E-state index in [4.69, 9.17) is 37.2 Å². The van der Waals surface area contributed by atoms with Crippen LogP contribution in [0.3, 0.4) is 0 Å². The van der Waals surface area contributed by atoms with Crippen molar-refractivity contribution in [2.24, 2.45) is 0 Å². The van der Waals surface area contributed by atoms with Gasteiger partial charge in [-0.1, -0.05) is 34.4 Å². The van der Waals surface area contributed by atoms with E-state index in [1.54, 1.807) is 13.2 Å². The lowest BCUT2D eigenvalue weighted by molar-refractivity contribution is -0.0338. The monoisotopic (exact) mass is 357 g/mol. The zero-order chi connectivity index (χ0) is 16.2. The smallest absolute Gasteiger partial charge is 0.252 e. The van der Waals surface area contributed by atoms with Crippen LogP contribution in [0.1, 0.15) is 23.4 Å². The number of aromatic nitrogens is 2. The van der Waals surface area contributed by atoms with Crippen molar-refractivity contribution in [1.82, 2.24) is 15.0 Å². The van der Waals surface area contributed by atoms with Crippen LogP contribution in [0.4, 0.5) is 0 Å². The molecule has 0 saturated carbocycles. The van der Waals surface area contributed by atoms with E-state index in [-0.39, 0.29) is 6.10 Å². The van der Waals surface area contributed by atoms with Crippen LogP contribution in [0.15, 0.2) is 22.7 Å². The average molecular weight is 358 g/mol. The van der Waals surface area contributed by atoms with E-state index in [2.05, 4.69) is 15.0 Å². The number of hydrogen-bond donors (Lipinski definition) is 0. The normalized spacial score (nSPS) is 19.2. The lowest BCUT2D eigenvalue weighted by atomic mass is 10.1. The number of morpholine rings is 1. The number of halogens is 2. The molecule has 1 saturated heterocycles. The summed E-state index contributed by atoms with van der Waals surface area (Å²) in [5.41, 5.74) is 1.01. The Morgan fingerprint density at radius 3 is 3.00 bits per heavy atom. The summed E-state index contributed by atoms with van der Waals surface area (Å²) in [7, 11) is 1.59. The van der Waals surface area contributed by atoms with Gasteiger partial charge in [0.15, 0.2) is 5.82 Å². The highest BCUT2D eigenvalue weighted by molar-refractivity contribution is 6.42. The number of hydrogen-bond acceptors (Lipinski definition) is 6. The highest BCUT2D eigenvalue weighted by atomic mass is 35.5. The third-order valence-electron chi connectivity index (χ3n) is 3.61. The fourth-order valence-electron chi connectivity index (χ4n) is 2.50. The van der Waals surface area contributed by atoms with Crippen LogP contribution in [0.2, 0.25) is 10.0 Å². The molecular weight excluding hydrogens is 341 g/mol. The summed E-state index contributed by atoms with van der Waals surface area (Å²) in [5, 5.41) is 5.04. The Kier molecular flexibility index (Phi) is 5.50. The van der Waals surface area contributed by atoms with Crippen LogP contribution in [-0.2, 0) is 22.6 Å². The van der Waals surface area contributed by atoms with Crippen molar-refractivity contribution in [3.8, 4) is 0 Å². The Morgan fingerprint density at radius 2 is 2.22 bits per heavy atom. The summed E-state index contributed by atoms with van der Waals surface area (Å²) in [6, 6.07) is 5.58. The van der Waals surface area contributed by atoms with Crippen LogP contribution in [0.25, 0.3) is 0 Å². The molecule has 0 spiro atoms. The molecule has 0 unspecified atom stereocenters. The summed E-state index contributed by atoms with van der Waals surface area (Å²) in [6.45, 7) is 3.10. The Hall–Kier alpha value is -1.18. The molecule has 3 rings (SSSR count). The summed E-state index contributed by atoms with van der Waals surface area (Å²) in [4.78, 5) is 6.51. The number of rotatable bonds is 5. The van der Waals surface area contributed by atoms with E-state index in [9.17, 15) is 0 Å². The van der Waals surface area contributed by atoms with Gasteiger partial charge in [-0.05, 0) is 17.7 Å².